The molecule has 0 aliphatic heterocycles. The fraction of sp³-hybridized carbons (Fsp3) is 0.250. The summed E-state index contributed by atoms with van der Waals surface area (Å²) in [5, 5.41) is 4.29. The van der Waals surface area contributed by atoms with Gasteiger partial charge in [0.15, 0.2) is 0 Å². The molecule has 1 aliphatic carbocycles. The van der Waals surface area contributed by atoms with Crippen molar-refractivity contribution < 1.29 is 0 Å². The van der Waals surface area contributed by atoms with Gasteiger partial charge in [0.25, 0.3) is 0 Å². The van der Waals surface area contributed by atoms with Crippen molar-refractivity contribution in [2.75, 3.05) is 16.8 Å². The van der Waals surface area contributed by atoms with Crippen molar-refractivity contribution in [2.45, 2.75) is 18.4 Å². The number of hydrogen-bond acceptors (Lipinski definition) is 6. The molecule has 8 heteroatoms. The number of halogens is 2. The van der Waals surface area contributed by atoms with E-state index in [1.807, 2.05) is 12.1 Å². The molecule has 0 spiro atoms. The zero-order chi connectivity index (χ0) is 14.3. The van der Waals surface area contributed by atoms with Gasteiger partial charge in [-0.3, -0.25) is 0 Å². The second-order valence-corrected chi connectivity index (χ2v) is 5.46. The number of hydrogen-bond donors (Lipinski definition) is 3. The van der Waals surface area contributed by atoms with Crippen molar-refractivity contribution in [2.24, 2.45) is 0 Å². The Bertz CT molecular complexity index is 642. The maximum absolute atomic E-state index is 6.02. The van der Waals surface area contributed by atoms with E-state index in [-0.39, 0.29) is 17.9 Å². The number of nitrogen functional groups attached to an aromatic ring is 2. The van der Waals surface area contributed by atoms with Crippen LogP contribution in [0.5, 0.6) is 0 Å². The van der Waals surface area contributed by atoms with Gasteiger partial charge in [-0.1, -0.05) is 29.3 Å². The number of nitrogens with zero attached hydrogens (tertiary/aromatic N) is 3. The Morgan fingerprint density at radius 1 is 1.05 bits per heavy atom. The third-order valence-corrected chi connectivity index (χ3v) is 3.89. The summed E-state index contributed by atoms with van der Waals surface area (Å²) in [5.74, 6) is 0.949. The Morgan fingerprint density at radius 3 is 2.40 bits per heavy atom. The SMILES string of the molecule is Nc1nc(N)nc(N[C@@H]2C[C@H]2c2ccc(Cl)c(Cl)c2)n1. The van der Waals surface area contributed by atoms with E-state index in [0.717, 1.165) is 12.0 Å². The van der Waals surface area contributed by atoms with Crippen molar-refractivity contribution in [1.29, 1.82) is 0 Å². The van der Waals surface area contributed by atoms with Gasteiger partial charge in [-0.2, -0.15) is 15.0 Å². The molecule has 2 aromatic rings. The minimum atomic E-state index is 0.103. The lowest BCUT2D eigenvalue weighted by Crippen LogP contribution is -2.11. The predicted octanol–water partition coefficient (Wildman–Crippen LogP) is 2.31. The number of nitrogens with two attached hydrogens (primary N) is 2. The molecule has 0 bridgehead atoms. The van der Waals surface area contributed by atoms with Crippen LogP contribution in [0.15, 0.2) is 18.2 Å². The third kappa shape index (κ3) is 2.71. The van der Waals surface area contributed by atoms with Gasteiger partial charge in [-0.15, -0.1) is 0 Å². The van der Waals surface area contributed by atoms with Gasteiger partial charge in [0.05, 0.1) is 10.0 Å². The fourth-order valence-electron chi connectivity index (χ4n) is 2.11. The molecule has 1 aliphatic rings. The molecule has 0 saturated heterocycles. The van der Waals surface area contributed by atoms with Crippen molar-refractivity contribution in [3.8, 4) is 0 Å². The van der Waals surface area contributed by atoms with Crippen LogP contribution in [0.4, 0.5) is 17.8 Å². The standard InChI is InChI=1S/C12H12Cl2N6/c13-7-2-1-5(3-8(7)14)6-4-9(6)17-12-19-10(15)18-11(16)20-12/h1-3,6,9H,4H2,(H5,15,16,17,18,19,20)/t6-,9+/m0/s1. The average molecular weight is 311 g/mol. The predicted molar refractivity (Wildman–Crippen MR) is 79.9 cm³/mol. The summed E-state index contributed by atoms with van der Waals surface area (Å²) in [6.07, 6.45) is 0.962. The van der Waals surface area contributed by atoms with Crippen LogP contribution in [0.1, 0.15) is 17.9 Å². The van der Waals surface area contributed by atoms with Crippen LogP contribution >= 0.6 is 23.2 Å². The number of aromatic nitrogens is 3. The average Bonchev–Trinajstić information content (AvgIpc) is 3.10. The number of anilines is 3. The van der Waals surface area contributed by atoms with Crippen LogP contribution in [-0.2, 0) is 0 Å². The molecule has 5 N–H and O–H groups in total. The molecule has 0 amide bonds. The highest BCUT2D eigenvalue weighted by atomic mass is 35.5. The van der Waals surface area contributed by atoms with Crippen molar-refractivity contribution in [3.63, 3.8) is 0 Å². The molecule has 104 valence electrons. The summed E-state index contributed by atoms with van der Waals surface area (Å²) in [4.78, 5) is 11.7. The van der Waals surface area contributed by atoms with E-state index in [9.17, 15) is 0 Å². The van der Waals surface area contributed by atoms with Crippen molar-refractivity contribution in [3.05, 3.63) is 33.8 Å². The first-order valence-electron chi connectivity index (χ1n) is 6.01. The molecular weight excluding hydrogens is 299 g/mol. The van der Waals surface area contributed by atoms with Gasteiger partial charge in [0, 0.05) is 12.0 Å². The molecule has 6 nitrogen and oxygen atoms in total. The summed E-state index contributed by atoms with van der Waals surface area (Å²) in [6, 6.07) is 5.88. The first kappa shape index (κ1) is 13.2. The highest BCUT2D eigenvalue weighted by Crippen LogP contribution is 2.43. The summed E-state index contributed by atoms with van der Waals surface area (Å²) in [6.45, 7) is 0. The van der Waals surface area contributed by atoms with Crippen LogP contribution < -0.4 is 16.8 Å². The number of nitrogens with one attached hydrogen (secondary N) is 1. The molecule has 1 aromatic heterocycles. The highest BCUT2D eigenvalue weighted by molar-refractivity contribution is 6.42. The molecule has 0 radical (unpaired) electrons. The lowest BCUT2D eigenvalue weighted by atomic mass is 10.1. The Balaban J connectivity index is 1.71. The molecule has 1 aromatic carbocycles. The molecule has 20 heavy (non-hydrogen) atoms. The van der Waals surface area contributed by atoms with Crippen LogP contribution in [0.3, 0.4) is 0 Å². The van der Waals surface area contributed by atoms with Crippen molar-refractivity contribution in [1.82, 2.24) is 15.0 Å². The number of benzene rings is 1. The quantitative estimate of drug-likeness (QED) is 0.804. The summed E-state index contributed by atoms with van der Waals surface area (Å²) >= 11 is 11.9. The van der Waals surface area contributed by atoms with E-state index < -0.39 is 0 Å². The summed E-state index contributed by atoms with van der Waals surface area (Å²) < 4.78 is 0. The topological polar surface area (TPSA) is 103 Å². The number of rotatable bonds is 3. The van der Waals surface area contributed by atoms with Crippen LogP contribution in [-0.4, -0.2) is 21.0 Å². The van der Waals surface area contributed by atoms with Gasteiger partial charge >= 0.3 is 0 Å². The second-order valence-electron chi connectivity index (χ2n) is 4.64. The molecule has 1 heterocycles. The minimum Gasteiger partial charge on any atom is -0.368 e. The first-order valence-corrected chi connectivity index (χ1v) is 6.77. The fourth-order valence-corrected chi connectivity index (χ4v) is 2.41. The Kier molecular flexibility index (Phi) is 3.27. The highest BCUT2D eigenvalue weighted by Gasteiger charge is 2.39. The van der Waals surface area contributed by atoms with Gasteiger partial charge in [-0.25, -0.2) is 0 Å². The van der Waals surface area contributed by atoms with Crippen LogP contribution in [0.25, 0.3) is 0 Å². The lowest BCUT2D eigenvalue weighted by molar-refractivity contribution is 0.986. The van der Waals surface area contributed by atoms with Gasteiger partial charge in [-0.05, 0) is 24.1 Å². The molecule has 1 fully saturated rings. The normalized spacial score (nSPS) is 20.7. The zero-order valence-corrected chi connectivity index (χ0v) is 11.9. The van der Waals surface area contributed by atoms with E-state index in [2.05, 4.69) is 20.3 Å². The van der Waals surface area contributed by atoms with Gasteiger partial charge in [0.1, 0.15) is 0 Å². The zero-order valence-electron chi connectivity index (χ0n) is 10.3. The molecule has 1 saturated carbocycles. The van der Waals surface area contributed by atoms with E-state index in [0.29, 0.717) is 21.9 Å². The third-order valence-electron chi connectivity index (χ3n) is 3.15. The van der Waals surface area contributed by atoms with E-state index in [4.69, 9.17) is 34.7 Å². The largest absolute Gasteiger partial charge is 0.368 e. The monoisotopic (exact) mass is 310 g/mol. The first-order chi connectivity index (χ1) is 9.52. The van der Waals surface area contributed by atoms with Crippen LogP contribution in [0.2, 0.25) is 10.0 Å². The maximum Gasteiger partial charge on any atom is 0.229 e. The van der Waals surface area contributed by atoms with Gasteiger partial charge < -0.3 is 16.8 Å². The molecule has 3 rings (SSSR count). The molecule has 0 unspecified atom stereocenters. The summed E-state index contributed by atoms with van der Waals surface area (Å²) in [7, 11) is 0. The van der Waals surface area contributed by atoms with E-state index in [1.54, 1.807) is 6.07 Å². The molecule has 2 atom stereocenters. The smallest absolute Gasteiger partial charge is 0.229 e. The Morgan fingerprint density at radius 2 is 1.75 bits per heavy atom. The summed E-state index contributed by atoms with van der Waals surface area (Å²) in [5.41, 5.74) is 12.2. The lowest BCUT2D eigenvalue weighted by Gasteiger charge is -2.06. The Hall–Kier alpha value is -1.79. The maximum atomic E-state index is 6.02. The van der Waals surface area contributed by atoms with Crippen LogP contribution in [0, 0.1) is 0 Å². The van der Waals surface area contributed by atoms with E-state index >= 15 is 0 Å². The van der Waals surface area contributed by atoms with Crippen molar-refractivity contribution >= 4 is 41.0 Å². The minimum absolute atomic E-state index is 0.103. The molecular formula is C12H12Cl2N6. The second kappa shape index (κ2) is 4.96. The Labute approximate surface area is 125 Å². The van der Waals surface area contributed by atoms with Gasteiger partial charge in [0.2, 0.25) is 17.8 Å². The van der Waals surface area contributed by atoms with E-state index in [1.165, 1.54) is 0 Å².